The Labute approximate surface area is 94.1 Å². The van der Waals surface area contributed by atoms with Crippen LogP contribution in [0.2, 0.25) is 0 Å². The highest BCUT2D eigenvalue weighted by Gasteiger charge is 2.11. The van der Waals surface area contributed by atoms with Crippen molar-refractivity contribution in [2.24, 2.45) is 0 Å². The number of likely N-dealkylation sites (N-methyl/N-ethyl adjacent to an activating group) is 1. The van der Waals surface area contributed by atoms with Crippen molar-refractivity contribution in [2.75, 3.05) is 13.6 Å². The van der Waals surface area contributed by atoms with Crippen molar-refractivity contribution in [2.45, 2.75) is 13.0 Å². The number of amides is 1. The van der Waals surface area contributed by atoms with Crippen LogP contribution < -0.4 is 10.6 Å². The molecule has 1 atom stereocenters. The van der Waals surface area contributed by atoms with Gasteiger partial charge < -0.3 is 20.8 Å². The molecule has 0 heterocycles. The van der Waals surface area contributed by atoms with E-state index in [4.69, 9.17) is 0 Å². The average molecular weight is 224 g/mol. The fraction of sp³-hybridized carbons (Fsp3) is 0.364. The van der Waals surface area contributed by atoms with Gasteiger partial charge in [-0.2, -0.15) is 0 Å². The van der Waals surface area contributed by atoms with Gasteiger partial charge in [0.1, 0.15) is 11.5 Å². The van der Waals surface area contributed by atoms with E-state index in [-0.39, 0.29) is 30.0 Å². The molecule has 1 unspecified atom stereocenters. The third kappa shape index (κ3) is 3.13. The van der Waals surface area contributed by atoms with Gasteiger partial charge in [-0.05, 0) is 25.1 Å². The van der Waals surface area contributed by atoms with E-state index in [9.17, 15) is 15.0 Å². The van der Waals surface area contributed by atoms with Crippen LogP contribution in [0.5, 0.6) is 11.5 Å². The molecule has 0 bridgehead atoms. The Hall–Kier alpha value is -1.75. The Morgan fingerprint density at radius 1 is 1.44 bits per heavy atom. The summed E-state index contributed by atoms with van der Waals surface area (Å²) >= 11 is 0. The first-order chi connectivity index (χ1) is 7.54. The molecule has 0 aromatic heterocycles. The Bertz CT molecular complexity index is 379. The van der Waals surface area contributed by atoms with E-state index >= 15 is 0 Å². The molecule has 0 spiro atoms. The van der Waals surface area contributed by atoms with E-state index in [1.165, 1.54) is 18.2 Å². The van der Waals surface area contributed by atoms with E-state index in [2.05, 4.69) is 10.6 Å². The Morgan fingerprint density at radius 2 is 2.12 bits per heavy atom. The standard InChI is InChI=1S/C11H16N2O3/c1-7(13-6-11(16)12-2)9-5-8(14)3-4-10(9)15/h3-5,7,13-15H,6H2,1-2H3,(H,12,16). The zero-order valence-electron chi connectivity index (χ0n) is 9.32. The van der Waals surface area contributed by atoms with Gasteiger partial charge in [-0.15, -0.1) is 0 Å². The molecule has 0 radical (unpaired) electrons. The number of benzene rings is 1. The summed E-state index contributed by atoms with van der Waals surface area (Å²) in [5.74, 6) is 0.0441. The molecule has 88 valence electrons. The fourth-order valence-electron chi connectivity index (χ4n) is 1.33. The maximum atomic E-state index is 11.0. The van der Waals surface area contributed by atoms with Crippen molar-refractivity contribution < 1.29 is 15.0 Å². The lowest BCUT2D eigenvalue weighted by molar-refractivity contribution is -0.119. The van der Waals surface area contributed by atoms with Gasteiger partial charge in [-0.1, -0.05) is 0 Å². The second-order valence-electron chi connectivity index (χ2n) is 3.52. The molecule has 4 N–H and O–H groups in total. The molecule has 0 aliphatic rings. The number of rotatable bonds is 4. The molecule has 1 rings (SSSR count). The van der Waals surface area contributed by atoms with Gasteiger partial charge in [0.25, 0.3) is 0 Å². The molecule has 0 saturated carbocycles. The minimum absolute atomic E-state index is 0.0846. The maximum Gasteiger partial charge on any atom is 0.233 e. The van der Waals surface area contributed by atoms with Gasteiger partial charge in [-0.3, -0.25) is 4.79 Å². The highest BCUT2D eigenvalue weighted by Crippen LogP contribution is 2.27. The Kier molecular flexibility index (Phi) is 4.13. The number of hydrogen-bond acceptors (Lipinski definition) is 4. The SMILES string of the molecule is CNC(=O)CNC(C)c1cc(O)ccc1O. The zero-order valence-corrected chi connectivity index (χ0v) is 9.32. The summed E-state index contributed by atoms with van der Waals surface area (Å²) in [4.78, 5) is 11.0. The summed E-state index contributed by atoms with van der Waals surface area (Å²) in [5.41, 5.74) is 0.559. The number of hydrogen-bond donors (Lipinski definition) is 4. The monoisotopic (exact) mass is 224 g/mol. The lowest BCUT2D eigenvalue weighted by Gasteiger charge is -2.15. The van der Waals surface area contributed by atoms with Gasteiger partial charge in [-0.25, -0.2) is 0 Å². The lowest BCUT2D eigenvalue weighted by atomic mass is 10.1. The summed E-state index contributed by atoms with van der Waals surface area (Å²) < 4.78 is 0. The van der Waals surface area contributed by atoms with Crippen molar-refractivity contribution in [3.8, 4) is 11.5 Å². The third-order valence-corrected chi connectivity index (χ3v) is 2.33. The minimum atomic E-state index is -0.218. The first-order valence-electron chi connectivity index (χ1n) is 5.00. The summed E-state index contributed by atoms with van der Waals surface area (Å²) in [6.45, 7) is 1.96. The molecule has 1 aromatic carbocycles. The van der Waals surface area contributed by atoms with Crippen molar-refractivity contribution >= 4 is 5.91 Å². The molecule has 16 heavy (non-hydrogen) atoms. The highest BCUT2D eigenvalue weighted by molar-refractivity contribution is 5.77. The normalized spacial score (nSPS) is 12.1. The minimum Gasteiger partial charge on any atom is -0.508 e. The molecule has 0 aliphatic heterocycles. The summed E-state index contributed by atoms with van der Waals surface area (Å²) in [7, 11) is 1.56. The number of phenolic OH excluding ortho intramolecular Hbond substituents is 2. The van der Waals surface area contributed by atoms with Crippen molar-refractivity contribution in [1.29, 1.82) is 0 Å². The van der Waals surface area contributed by atoms with Gasteiger partial charge in [0.15, 0.2) is 0 Å². The highest BCUT2D eigenvalue weighted by atomic mass is 16.3. The molecule has 1 aromatic rings. The smallest absolute Gasteiger partial charge is 0.233 e. The predicted molar refractivity (Wildman–Crippen MR) is 60.3 cm³/mol. The average Bonchev–Trinajstić information content (AvgIpc) is 2.28. The number of nitrogens with one attached hydrogen (secondary N) is 2. The van der Waals surface area contributed by atoms with Crippen LogP contribution in [0.15, 0.2) is 18.2 Å². The van der Waals surface area contributed by atoms with Crippen LogP contribution in [0, 0.1) is 0 Å². The van der Waals surface area contributed by atoms with E-state index in [1.54, 1.807) is 14.0 Å². The predicted octanol–water partition coefficient (Wildman–Crippen LogP) is 0.494. The van der Waals surface area contributed by atoms with Crippen LogP contribution in [-0.4, -0.2) is 29.7 Å². The lowest BCUT2D eigenvalue weighted by Crippen LogP contribution is -2.32. The van der Waals surface area contributed by atoms with Crippen molar-refractivity contribution in [3.05, 3.63) is 23.8 Å². The van der Waals surface area contributed by atoms with Gasteiger partial charge >= 0.3 is 0 Å². The quantitative estimate of drug-likeness (QED) is 0.561. The first-order valence-corrected chi connectivity index (χ1v) is 5.00. The van der Waals surface area contributed by atoms with Crippen LogP contribution in [0.3, 0.4) is 0 Å². The summed E-state index contributed by atoms with van der Waals surface area (Å²) in [6, 6.07) is 4.08. The second-order valence-corrected chi connectivity index (χ2v) is 3.52. The van der Waals surface area contributed by atoms with Crippen molar-refractivity contribution in [3.63, 3.8) is 0 Å². The summed E-state index contributed by atoms with van der Waals surface area (Å²) in [6.07, 6.45) is 0. The second kappa shape index (κ2) is 5.37. The van der Waals surface area contributed by atoms with E-state index in [1.807, 2.05) is 0 Å². The van der Waals surface area contributed by atoms with Gasteiger partial charge in [0, 0.05) is 18.7 Å². The first kappa shape index (κ1) is 12.3. The molecule has 5 heteroatoms. The van der Waals surface area contributed by atoms with Crippen LogP contribution in [0.25, 0.3) is 0 Å². The molecule has 0 aliphatic carbocycles. The Morgan fingerprint density at radius 3 is 2.75 bits per heavy atom. The van der Waals surface area contributed by atoms with Crippen LogP contribution in [0.1, 0.15) is 18.5 Å². The maximum absolute atomic E-state index is 11.0. The van der Waals surface area contributed by atoms with Crippen LogP contribution in [0.4, 0.5) is 0 Å². The Balaban J connectivity index is 2.68. The van der Waals surface area contributed by atoms with Gasteiger partial charge in [0.2, 0.25) is 5.91 Å². The molecule has 1 amide bonds. The molecule has 0 saturated heterocycles. The van der Waals surface area contributed by atoms with E-state index in [0.717, 1.165) is 0 Å². The third-order valence-electron chi connectivity index (χ3n) is 2.33. The van der Waals surface area contributed by atoms with Gasteiger partial charge in [0.05, 0.1) is 6.54 Å². The fourth-order valence-corrected chi connectivity index (χ4v) is 1.33. The molecule has 5 nitrogen and oxygen atoms in total. The molecular formula is C11H16N2O3. The van der Waals surface area contributed by atoms with Crippen LogP contribution in [-0.2, 0) is 4.79 Å². The largest absolute Gasteiger partial charge is 0.508 e. The topological polar surface area (TPSA) is 81.6 Å². The number of phenols is 2. The zero-order chi connectivity index (χ0) is 12.1. The number of carbonyl (C=O) groups excluding carboxylic acids is 1. The van der Waals surface area contributed by atoms with Crippen molar-refractivity contribution in [1.82, 2.24) is 10.6 Å². The number of carbonyl (C=O) groups is 1. The molecular weight excluding hydrogens is 208 g/mol. The molecule has 0 fully saturated rings. The summed E-state index contributed by atoms with van der Waals surface area (Å²) in [5, 5.41) is 24.3. The van der Waals surface area contributed by atoms with Crippen LogP contribution >= 0.6 is 0 Å². The van der Waals surface area contributed by atoms with E-state index < -0.39 is 0 Å². The van der Waals surface area contributed by atoms with E-state index in [0.29, 0.717) is 5.56 Å². The number of aromatic hydroxyl groups is 2.